The van der Waals surface area contributed by atoms with Gasteiger partial charge < -0.3 is 15.3 Å². The van der Waals surface area contributed by atoms with Crippen molar-refractivity contribution in [2.24, 2.45) is 0 Å². The minimum absolute atomic E-state index is 0.0270. The number of nitrogens with zero attached hydrogens (tertiary/aromatic N) is 3. The highest BCUT2D eigenvalue weighted by Gasteiger charge is 2.19. The molecule has 0 radical (unpaired) electrons. The van der Waals surface area contributed by atoms with Crippen LogP contribution in [0.1, 0.15) is 5.82 Å². The van der Waals surface area contributed by atoms with Crippen LogP contribution in [-0.4, -0.2) is 33.7 Å². The first kappa shape index (κ1) is 13.6. The lowest BCUT2D eigenvalue weighted by Gasteiger charge is -2.04. The Morgan fingerprint density at radius 1 is 1.38 bits per heavy atom. The van der Waals surface area contributed by atoms with Gasteiger partial charge in [-0.15, -0.1) is 0 Å². The molecule has 0 fully saturated rings. The number of sulfone groups is 1. The Morgan fingerprint density at radius 2 is 2.19 bits per heavy atom. The summed E-state index contributed by atoms with van der Waals surface area (Å²) in [6, 6.07) is 5.05. The van der Waals surface area contributed by atoms with Crippen LogP contribution in [0.3, 0.4) is 0 Å². The number of benzene rings is 1. The first-order chi connectivity index (χ1) is 9.95. The molecule has 2 heterocycles. The average Bonchev–Trinajstić information content (AvgIpc) is 3.02. The summed E-state index contributed by atoms with van der Waals surface area (Å²) in [7, 11) is -3.48. The van der Waals surface area contributed by atoms with Crippen molar-refractivity contribution in [3.8, 4) is 0 Å². The van der Waals surface area contributed by atoms with Gasteiger partial charge in [-0.1, -0.05) is 0 Å². The third-order valence-corrected chi connectivity index (χ3v) is 4.81. The third-order valence-electron chi connectivity index (χ3n) is 3.30. The summed E-state index contributed by atoms with van der Waals surface area (Å²) in [4.78, 5) is 11.0. The molecule has 0 unspecified atom stereocenters. The molecule has 3 N–H and O–H groups in total. The lowest BCUT2D eigenvalue weighted by Crippen LogP contribution is -2.14. The van der Waals surface area contributed by atoms with Crippen molar-refractivity contribution in [3.63, 3.8) is 0 Å². The first-order valence-corrected chi connectivity index (χ1v) is 8.07. The van der Waals surface area contributed by atoms with E-state index in [0.29, 0.717) is 23.3 Å². The highest BCUT2D eigenvalue weighted by atomic mass is 32.2. The Bertz CT molecular complexity index is 894. The van der Waals surface area contributed by atoms with Crippen LogP contribution in [0.15, 0.2) is 35.7 Å². The van der Waals surface area contributed by atoms with Gasteiger partial charge in [0.25, 0.3) is 0 Å². The van der Waals surface area contributed by atoms with Gasteiger partial charge in [-0.25, -0.2) is 18.4 Å². The number of hydrogen-bond donors (Lipinski definition) is 2. The van der Waals surface area contributed by atoms with Gasteiger partial charge in [-0.2, -0.15) is 0 Å². The highest BCUT2D eigenvalue weighted by Crippen LogP contribution is 2.18. The van der Waals surface area contributed by atoms with E-state index in [1.54, 1.807) is 35.2 Å². The minimum atomic E-state index is -3.48. The van der Waals surface area contributed by atoms with E-state index in [9.17, 15) is 8.42 Å². The monoisotopic (exact) mass is 305 g/mol. The Hall–Kier alpha value is -2.35. The molecular weight excluding hydrogens is 290 g/mol. The molecule has 0 saturated heterocycles. The molecule has 8 heteroatoms. The molecule has 110 valence electrons. The van der Waals surface area contributed by atoms with Gasteiger partial charge in [-0.3, -0.25) is 0 Å². The van der Waals surface area contributed by atoms with E-state index in [2.05, 4.69) is 15.0 Å². The second kappa shape index (κ2) is 4.88. The molecule has 3 rings (SSSR count). The van der Waals surface area contributed by atoms with Crippen molar-refractivity contribution >= 4 is 26.6 Å². The molecule has 0 aliphatic heterocycles. The molecule has 21 heavy (non-hydrogen) atoms. The summed E-state index contributed by atoms with van der Waals surface area (Å²) >= 11 is 0. The molecule has 1 aromatic carbocycles. The van der Waals surface area contributed by atoms with E-state index in [-0.39, 0.29) is 10.9 Å². The van der Waals surface area contributed by atoms with Crippen molar-refractivity contribution < 1.29 is 8.42 Å². The van der Waals surface area contributed by atoms with Crippen molar-refractivity contribution in [2.45, 2.75) is 18.6 Å². The molecule has 0 amide bonds. The number of aryl methyl sites for hydroxylation is 2. The molecule has 0 atom stereocenters. The van der Waals surface area contributed by atoms with Crippen LogP contribution in [0.25, 0.3) is 11.0 Å². The number of rotatable bonds is 4. The summed E-state index contributed by atoms with van der Waals surface area (Å²) in [5, 5.41) is -0.0270. The number of aromatic nitrogens is 4. The summed E-state index contributed by atoms with van der Waals surface area (Å²) in [6.07, 6.45) is 3.40. The van der Waals surface area contributed by atoms with Gasteiger partial charge in [-0.05, 0) is 25.1 Å². The fourth-order valence-corrected chi connectivity index (χ4v) is 3.24. The van der Waals surface area contributed by atoms with Crippen LogP contribution < -0.4 is 5.73 Å². The standard InChI is InChI=1S/C13H15N5O2S/c1-9-15-4-5-18(9)6-7-21(19,20)13-16-11-3-2-10(14)8-12(11)17-13/h2-5,8H,6-7,14H2,1H3,(H,16,17). The number of anilines is 1. The minimum Gasteiger partial charge on any atom is -0.399 e. The fourth-order valence-electron chi connectivity index (χ4n) is 2.11. The maximum atomic E-state index is 12.3. The van der Waals surface area contributed by atoms with Crippen LogP contribution >= 0.6 is 0 Å². The number of aromatic amines is 1. The van der Waals surface area contributed by atoms with E-state index in [0.717, 1.165) is 5.82 Å². The summed E-state index contributed by atoms with van der Waals surface area (Å²) in [5.41, 5.74) is 7.44. The Balaban J connectivity index is 1.87. The first-order valence-electron chi connectivity index (χ1n) is 6.41. The van der Waals surface area contributed by atoms with Crippen LogP contribution in [-0.2, 0) is 16.4 Å². The largest absolute Gasteiger partial charge is 0.399 e. The van der Waals surface area contributed by atoms with Gasteiger partial charge in [0.15, 0.2) is 0 Å². The Labute approximate surface area is 121 Å². The van der Waals surface area contributed by atoms with Gasteiger partial charge in [0, 0.05) is 24.6 Å². The quantitative estimate of drug-likeness (QED) is 0.703. The van der Waals surface area contributed by atoms with Crippen molar-refractivity contribution in [2.75, 3.05) is 11.5 Å². The molecule has 7 nitrogen and oxygen atoms in total. The smallest absolute Gasteiger partial charge is 0.226 e. The Morgan fingerprint density at radius 3 is 2.90 bits per heavy atom. The van der Waals surface area contributed by atoms with Gasteiger partial charge >= 0.3 is 0 Å². The van der Waals surface area contributed by atoms with Gasteiger partial charge in [0.1, 0.15) is 5.82 Å². The zero-order valence-electron chi connectivity index (χ0n) is 11.4. The molecule has 0 aliphatic rings. The maximum absolute atomic E-state index is 12.3. The lowest BCUT2D eigenvalue weighted by atomic mass is 10.3. The molecule has 2 aromatic heterocycles. The van der Waals surface area contributed by atoms with Crippen molar-refractivity contribution in [1.29, 1.82) is 0 Å². The van der Waals surface area contributed by atoms with Crippen LogP contribution in [0.4, 0.5) is 5.69 Å². The zero-order chi connectivity index (χ0) is 15.0. The summed E-state index contributed by atoms with van der Waals surface area (Å²) < 4.78 is 26.5. The number of nitrogens with one attached hydrogen (secondary N) is 1. The maximum Gasteiger partial charge on any atom is 0.226 e. The zero-order valence-corrected chi connectivity index (χ0v) is 12.3. The lowest BCUT2D eigenvalue weighted by molar-refractivity contribution is 0.581. The number of nitrogens with two attached hydrogens (primary N) is 1. The fraction of sp³-hybridized carbons (Fsp3) is 0.231. The third kappa shape index (κ3) is 2.62. The van der Waals surface area contributed by atoms with E-state index >= 15 is 0 Å². The second-order valence-electron chi connectivity index (χ2n) is 4.81. The predicted octanol–water partition coefficient (Wildman–Crippen LogP) is 1.12. The van der Waals surface area contributed by atoms with Crippen LogP contribution in [0.2, 0.25) is 0 Å². The van der Waals surface area contributed by atoms with Crippen LogP contribution in [0, 0.1) is 6.92 Å². The number of nitrogen functional groups attached to an aromatic ring is 1. The molecule has 0 aliphatic carbocycles. The van der Waals surface area contributed by atoms with Crippen molar-refractivity contribution in [3.05, 3.63) is 36.4 Å². The molecule has 0 spiro atoms. The van der Waals surface area contributed by atoms with E-state index in [1.807, 2.05) is 6.92 Å². The topological polar surface area (TPSA) is 107 Å². The van der Waals surface area contributed by atoms with E-state index in [1.165, 1.54) is 0 Å². The summed E-state index contributed by atoms with van der Waals surface area (Å²) in [6.45, 7) is 2.17. The molecule has 0 saturated carbocycles. The molecule has 0 bridgehead atoms. The number of H-pyrrole nitrogens is 1. The summed E-state index contributed by atoms with van der Waals surface area (Å²) in [5.74, 6) is 0.738. The van der Waals surface area contributed by atoms with Gasteiger partial charge in [0.2, 0.25) is 15.0 Å². The molecular formula is C13H15N5O2S. The van der Waals surface area contributed by atoms with E-state index < -0.39 is 9.84 Å². The number of hydrogen-bond acceptors (Lipinski definition) is 5. The SMILES string of the molecule is Cc1nccn1CCS(=O)(=O)c1nc2ccc(N)cc2[nH]1. The number of imidazole rings is 2. The highest BCUT2D eigenvalue weighted by molar-refractivity contribution is 7.91. The van der Waals surface area contributed by atoms with Crippen LogP contribution in [0.5, 0.6) is 0 Å². The van der Waals surface area contributed by atoms with E-state index in [4.69, 9.17) is 5.73 Å². The van der Waals surface area contributed by atoms with Crippen molar-refractivity contribution in [1.82, 2.24) is 19.5 Å². The number of fused-ring (bicyclic) bond motifs is 1. The average molecular weight is 305 g/mol. The second-order valence-corrected chi connectivity index (χ2v) is 6.83. The normalized spacial score (nSPS) is 12.0. The van der Waals surface area contributed by atoms with Gasteiger partial charge in [0.05, 0.1) is 16.8 Å². The predicted molar refractivity (Wildman–Crippen MR) is 79.5 cm³/mol. The molecule has 3 aromatic rings. The Kier molecular flexibility index (Phi) is 3.17.